The minimum Gasteiger partial charge on any atom is -0.312 e. The van der Waals surface area contributed by atoms with Gasteiger partial charge in [0.15, 0.2) is 0 Å². The van der Waals surface area contributed by atoms with Gasteiger partial charge < -0.3 is 5.32 Å². The molecule has 14 heavy (non-hydrogen) atoms. The Balaban J connectivity index is 0.000000490. The lowest BCUT2D eigenvalue weighted by Crippen LogP contribution is -2.43. The van der Waals surface area contributed by atoms with Crippen molar-refractivity contribution in [2.75, 3.05) is 13.1 Å². The minimum absolute atomic E-state index is 0. The first-order valence-corrected chi connectivity index (χ1v) is 4.56. The van der Waals surface area contributed by atoms with Gasteiger partial charge in [0.25, 0.3) is 0 Å². The standard InChI is InChI=1S/C8H12N4.2ClH/c1-2-6(1)8-5-12(11-10-8)7-3-9-4-7;;/h5-7,9H,1-4H2;2*1H. The Bertz CT molecular complexity index is 293. The summed E-state index contributed by atoms with van der Waals surface area (Å²) in [7, 11) is 0. The highest BCUT2D eigenvalue weighted by Crippen LogP contribution is 2.38. The first-order valence-electron chi connectivity index (χ1n) is 4.56. The number of nitrogens with zero attached hydrogens (tertiary/aromatic N) is 3. The fraction of sp³-hybridized carbons (Fsp3) is 0.750. The molecule has 2 fully saturated rings. The zero-order chi connectivity index (χ0) is 7.97. The third-order valence-electron chi connectivity index (χ3n) is 2.66. The van der Waals surface area contributed by atoms with Crippen molar-refractivity contribution in [2.24, 2.45) is 0 Å². The largest absolute Gasteiger partial charge is 0.312 e. The lowest BCUT2D eigenvalue weighted by Gasteiger charge is -2.26. The third-order valence-corrected chi connectivity index (χ3v) is 2.66. The topological polar surface area (TPSA) is 42.7 Å². The molecule has 0 spiro atoms. The Hall–Kier alpha value is -0.320. The summed E-state index contributed by atoms with van der Waals surface area (Å²) in [6.45, 7) is 2.10. The molecule has 0 aromatic carbocycles. The molecule has 2 aliphatic rings. The number of halogens is 2. The summed E-state index contributed by atoms with van der Waals surface area (Å²) in [4.78, 5) is 0. The highest BCUT2D eigenvalue weighted by molar-refractivity contribution is 5.85. The van der Waals surface area contributed by atoms with Crippen LogP contribution in [-0.2, 0) is 0 Å². The van der Waals surface area contributed by atoms with Crippen LogP contribution in [0.3, 0.4) is 0 Å². The summed E-state index contributed by atoms with van der Waals surface area (Å²) in [5.41, 5.74) is 1.20. The Morgan fingerprint density at radius 3 is 2.50 bits per heavy atom. The van der Waals surface area contributed by atoms with E-state index in [2.05, 4.69) is 21.8 Å². The second-order valence-corrected chi connectivity index (χ2v) is 3.71. The molecule has 1 N–H and O–H groups in total. The van der Waals surface area contributed by atoms with E-state index in [0.717, 1.165) is 19.0 Å². The van der Waals surface area contributed by atoms with Crippen LogP contribution in [0.4, 0.5) is 0 Å². The first kappa shape index (κ1) is 11.8. The molecule has 0 unspecified atom stereocenters. The molecule has 1 saturated heterocycles. The predicted molar refractivity (Wildman–Crippen MR) is 58.4 cm³/mol. The molecule has 3 rings (SSSR count). The molecule has 1 aromatic heterocycles. The van der Waals surface area contributed by atoms with Gasteiger partial charge in [-0.05, 0) is 12.8 Å². The predicted octanol–water partition coefficient (Wildman–Crippen LogP) is 1.14. The van der Waals surface area contributed by atoms with Crippen LogP contribution in [0.1, 0.15) is 30.5 Å². The maximum Gasteiger partial charge on any atom is 0.0858 e. The van der Waals surface area contributed by atoms with E-state index in [4.69, 9.17) is 0 Å². The van der Waals surface area contributed by atoms with Gasteiger partial charge in [0.2, 0.25) is 0 Å². The number of aromatic nitrogens is 3. The molecule has 0 amide bonds. The second kappa shape index (κ2) is 4.47. The molecular weight excluding hydrogens is 223 g/mol. The van der Waals surface area contributed by atoms with Gasteiger partial charge in [0, 0.05) is 25.2 Å². The summed E-state index contributed by atoms with van der Waals surface area (Å²) < 4.78 is 2.00. The van der Waals surface area contributed by atoms with Crippen LogP contribution < -0.4 is 5.32 Å². The van der Waals surface area contributed by atoms with E-state index in [0.29, 0.717) is 6.04 Å². The number of rotatable bonds is 2. The van der Waals surface area contributed by atoms with Crippen molar-refractivity contribution in [3.05, 3.63) is 11.9 Å². The smallest absolute Gasteiger partial charge is 0.0858 e. The summed E-state index contributed by atoms with van der Waals surface area (Å²) in [6.07, 6.45) is 4.73. The van der Waals surface area contributed by atoms with Crippen molar-refractivity contribution in [3.63, 3.8) is 0 Å². The van der Waals surface area contributed by atoms with Crippen molar-refractivity contribution < 1.29 is 0 Å². The summed E-state index contributed by atoms with van der Waals surface area (Å²) in [5.74, 6) is 0.729. The Kier molecular flexibility index (Phi) is 3.75. The van der Waals surface area contributed by atoms with Gasteiger partial charge in [-0.3, -0.25) is 0 Å². The van der Waals surface area contributed by atoms with Crippen LogP contribution in [0.5, 0.6) is 0 Å². The van der Waals surface area contributed by atoms with Gasteiger partial charge in [-0.2, -0.15) is 0 Å². The minimum atomic E-state index is 0. The number of hydrogen-bond donors (Lipinski definition) is 1. The van der Waals surface area contributed by atoms with Crippen LogP contribution in [-0.4, -0.2) is 28.1 Å². The zero-order valence-corrected chi connectivity index (χ0v) is 9.35. The van der Waals surface area contributed by atoms with E-state index in [-0.39, 0.29) is 24.8 Å². The van der Waals surface area contributed by atoms with Crippen molar-refractivity contribution in [3.8, 4) is 0 Å². The van der Waals surface area contributed by atoms with Crippen LogP contribution in [0.15, 0.2) is 6.20 Å². The summed E-state index contributed by atoms with van der Waals surface area (Å²) >= 11 is 0. The molecule has 0 radical (unpaired) electrons. The van der Waals surface area contributed by atoms with E-state index in [1.165, 1.54) is 18.5 Å². The molecule has 1 aliphatic heterocycles. The maximum atomic E-state index is 4.17. The van der Waals surface area contributed by atoms with Gasteiger partial charge in [-0.25, -0.2) is 4.68 Å². The maximum absolute atomic E-state index is 4.17. The van der Waals surface area contributed by atoms with E-state index < -0.39 is 0 Å². The van der Waals surface area contributed by atoms with Gasteiger partial charge in [-0.15, -0.1) is 29.9 Å². The average Bonchev–Trinajstić information content (AvgIpc) is 2.70. The average molecular weight is 237 g/mol. The first-order chi connectivity index (χ1) is 5.93. The molecule has 4 nitrogen and oxygen atoms in total. The van der Waals surface area contributed by atoms with Crippen molar-refractivity contribution in [2.45, 2.75) is 24.8 Å². The van der Waals surface area contributed by atoms with Crippen LogP contribution >= 0.6 is 24.8 Å². The molecule has 0 bridgehead atoms. The fourth-order valence-corrected chi connectivity index (χ4v) is 1.50. The molecule has 80 valence electrons. The molecule has 6 heteroatoms. The SMILES string of the molecule is Cl.Cl.c1c(C2CC2)nnn1C1CNC1. The fourth-order valence-electron chi connectivity index (χ4n) is 1.50. The van der Waals surface area contributed by atoms with E-state index in [1.807, 2.05) is 4.68 Å². The second-order valence-electron chi connectivity index (χ2n) is 3.71. The highest BCUT2D eigenvalue weighted by atomic mass is 35.5. The van der Waals surface area contributed by atoms with Crippen molar-refractivity contribution in [1.82, 2.24) is 20.3 Å². The molecule has 1 saturated carbocycles. The Morgan fingerprint density at radius 2 is 2.00 bits per heavy atom. The van der Waals surface area contributed by atoms with Crippen molar-refractivity contribution >= 4 is 24.8 Å². The van der Waals surface area contributed by atoms with Gasteiger partial charge in [0.05, 0.1) is 11.7 Å². The van der Waals surface area contributed by atoms with E-state index in [9.17, 15) is 0 Å². The third kappa shape index (κ3) is 2.02. The molecule has 2 heterocycles. The lowest BCUT2D eigenvalue weighted by atomic mass is 10.2. The van der Waals surface area contributed by atoms with Crippen LogP contribution in [0.2, 0.25) is 0 Å². The van der Waals surface area contributed by atoms with Gasteiger partial charge in [0.1, 0.15) is 0 Å². The lowest BCUT2D eigenvalue weighted by molar-refractivity contribution is 0.313. The molecule has 0 atom stereocenters. The number of hydrogen-bond acceptors (Lipinski definition) is 3. The normalized spacial score (nSPS) is 20.6. The van der Waals surface area contributed by atoms with E-state index >= 15 is 0 Å². The van der Waals surface area contributed by atoms with Gasteiger partial charge in [-0.1, -0.05) is 5.21 Å². The van der Waals surface area contributed by atoms with E-state index in [1.54, 1.807) is 0 Å². The summed E-state index contributed by atoms with van der Waals surface area (Å²) in [6, 6.07) is 0.560. The van der Waals surface area contributed by atoms with Crippen LogP contribution in [0, 0.1) is 0 Å². The molecule has 1 aliphatic carbocycles. The van der Waals surface area contributed by atoms with Crippen LogP contribution in [0.25, 0.3) is 0 Å². The Labute approximate surface area is 95.3 Å². The molecule has 1 aromatic rings. The molecular formula is C8H14Cl2N4. The zero-order valence-electron chi connectivity index (χ0n) is 7.72. The van der Waals surface area contributed by atoms with Crippen molar-refractivity contribution in [1.29, 1.82) is 0 Å². The highest BCUT2D eigenvalue weighted by Gasteiger charge is 2.28. The monoisotopic (exact) mass is 236 g/mol. The summed E-state index contributed by atoms with van der Waals surface area (Å²) in [5, 5.41) is 11.5. The number of nitrogens with one attached hydrogen (secondary N) is 1. The van der Waals surface area contributed by atoms with Gasteiger partial charge >= 0.3 is 0 Å². The quantitative estimate of drug-likeness (QED) is 0.838. The Morgan fingerprint density at radius 1 is 1.29 bits per heavy atom.